The van der Waals surface area contributed by atoms with Gasteiger partial charge in [-0.05, 0) is 36.2 Å². The Labute approximate surface area is 159 Å². The van der Waals surface area contributed by atoms with Crippen LogP contribution in [-0.4, -0.2) is 48.5 Å². The van der Waals surface area contributed by atoms with Crippen LogP contribution in [0.1, 0.15) is 18.4 Å². The highest BCUT2D eigenvalue weighted by atomic mass is 16.5. The van der Waals surface area contributed by atoms with E-state index in [9.17, 15) is 9.59 Å². The van der Waals surface area contributed by atoms with Crippen molar-refractivity contribution in [3.8, 4) is 5.75 Å². The Morgan fingerprint density at radius 1 is 1.15 bits per heavy atom. The van der Waals surface area contributed by atoms with Crippen LogP contribution in [0.25, 0.3) is 0 Å². The van der Waals surface area contributed by atoms with E-state index in [0.717, 1.165) is 30.0 Å². The molecule has 6 nitrogen and oxygen atoms in total. The molecule has 142 valence electrons. The largest absolute Gasteiger partial charge is 0.492 e. The summed E-state index contributed by atoms with van der Waals surface area (Å²) in [4.78, 5) is 27.4. The van der Waals surface area contributed by atoms with Crippen LogP contribution in [-0.2, 0) is 11.3 Å². The lowest BCUT2D eigenvalue weighted by Crippen LogP contribution is -2.34. The van der Waals surface area contributed by atoms with Crippen LogP contribution in [0, 0.1) is 0 Å². The highest BCUT2D eigenvalue weighted by molar-refractivity contribution is 5.89. The fraction of sp³-hybridized carbons (Fsp3) is 0.333. The maximum absolute atomic E-state index is 12.3. The first-order valence-electron chi connectivity index (χ1n) is 9.18. The van der Waals surface area contributed by atoms with Gasteiger partial charge in [0.05, 0.1) is 6.54 Å². The van der Waals surface area contributed by atoms with Gasteiger partial charge < -0.3 is 19.9 Å². The fourth-order valence-corrected chi connectivity index (χ4v) is 2.92. The number of benzene rings is 2. The number of ether oxygens (including phenoxy) is 1. The molecule has 1 N–H and O–H groups in total. The average Bonchev–Trinajstić information content (AvgIpc) is 3.08. The highest BCUT2D eigenvalue weighted by Gasteiger charge is 2.19. The van der Waals surface area contributed by atoms with Crippen LogP contribution >= 0.6 is 0 Å². The third-order valence-electron chi connectivity index (χ3n) is 4.54. The van der Waals surface area contributed by atoms with Gasteiger partial charge in [-0.25, -0.2) is 4.79 Å². The maximum Gasteiger partial charge on any atom is 0.321 e. The summed E-state index contributed by atoms with van der Waals surface area (Å²) in [6.07, 6.45) is 1.59. The number of hydrogen-bond donors (Lipinski definition) is 1. The highest BCUT2D eigenvalue weighted by Crippen LogP contribution is 2.16. The number of anilines is 1. The van der Waals surface area contributed by atoms with E-state index in [0.29, 0.717) is 26.1 Å². The summed E-state index contributed by atoms with van der Waals surface area (Å²) < 4.78 is 5.61. The number of urea groups is 1. The number of nitrogens with one attached hydrogen (secondary N) is 1. The van der Waals surface area contributed by atoms with Crippen molar-refractivity contribution in [2.75, 3.05) is 32.1 Å². The Hall–Kier alpha value is -3.02. The predicted octanol–water partition coefficient (Wildman–Crippen LogP) is 3.35. The molecule has 0 radical (unpaired) electrons. The minimum absolute atomic E-state index is 0.186. The lowest BCUT2D eigenvalue weighted by Gasteiger charge is -2.19. The summed E-state index contributed by atoms with van der Waals surface area (Å²) in [5, 5.41) is 2.87. The second-order valence-corrected chi connectivity index (χ2v) is 6.63. The number of amides is 3. The molecule has 3 amide bonds. The number of nitrogens with zero attached hydrogens (tertiary/aromatic N) is 2. The van der Waals surface area contributed by atoms with E-state index in [-0.39, 0.29) is 11.9 Å². The molecule has 0 spiro atoms. The van der Waals surface area contributed by atoms with Crippen LogP contribution in [0.5, 0.6) is 5.75 Å². The van der Waals surface area contributed by atoms with Crippen LogP contribution in [0.15, 0.2) is 54.6 Å². The molecule has 6 heteroatoms. The third kappa shape index (κ3) is 5.48. The van der Waals surface area contributed by atoms with Crippen LogP contribution < -0.4 is 10.1 Å². The molecular formula is C21H25N3O3. The van der Waals surface area contributed by atoms with Crippen molar-refractivity contribution in [3.63, 3.8) is 0 Å². The van der Waals surface area contributed by atoms with Gasteiger partial charge in [0.1, 0.15) is 12.4 Å². The van der Waals surface area contributed by atoms with Gasteiger partial charge in [-0.1, -0.05) is 30.3 Å². The molecule has 0 atom stereocenters. The zero-order chi connectivity index (χ0) is 19.1. The second-order valence-electron chi connectivity index (χ2n) is 6.63. The molecular weight excluding hydrogens is 342 g/mol. The normalized spacial score (nSPS) is 13.5. The number of likely N-dealkylation sites (N-methyl/N-ethyl adjacent to an activating group) is 1. The smallest absolute Gasteiger partial charge is 0.321 e. The first-order chi connectivity index (χ1) is 13.1. The lowest BCUT2D eigenvalue weighted by atomic mass is 10.2. The van der Waals surface area contributed by atoms with Gasteiger partial charge in [0.15, 0.2) is 0 Å². The zero-order valence-electron chi connectivity index (χ0n) is 15.6. The topological polar surface area (TPSA) is 61.9 Å². The molecule has 0 aliphatic carbocycles. The number of para-hydroxylation sites is 1. The summed E-state index contributed by atoms with van der Waals surface area (Å²) in [6.45, 7) is 2.36. The van der Waals surface area contributed by atoms with Gasteiger partial charge in [-0.3, -0.25) is 4.79 Å². The number of hydrogen-bond acceptors (Lipinski definition) is 3. The number of rotatable bonds is 7. The van der Waals surface area contributed by atoms with Crippen molar-refractivity contribution in [1.29, 1.82) is 0 Å². The molecule has 1 aliphatic rings. The van der Waals surface area contributed by atoms with Gasteiger partial charge in [0, 0.05) is 32.2 Å². The maximum atomic E-state index is 12.3. The van der Waals surface area contributed by atoms with Crippen LogP contribution in [0.3, 0.4) is 0 Å². The van der Waals surface area contributed by atoms with Crippen molar-refractivity contribution >= 4 is 17.6 Å². The van der Waals surface area contributed by atoms with E-state index < -0.39 is 0 Å². The zero-order valence-corrected chi connectivity index (χ0v) is 15.6. The SMILES string of the molecule is CN(CCOc1ccccc1)C(=O)Nc1ccc(CN2CCCC2=O)cc1. The molecule has 27 heavy (non-hydrogen) atoms. The molecule has 1 saturated heterocycles. The molecule has 2 aromatic rings. The number of carbonyl (C=O) groups excluding carboxylic acids is 2. The molecule has 1 fully saturated rings. The monoisotopic (exact) mass is 367 g/mol. The van der Waals surface area contributed by atoms with Crippen LogP contribution in [0.4, 0.5) is 10.5 Å². The van der Waals surface area contributed by atoms with Gasteiger partial charge in [-0.15, -0.1) is 0 Å². The van der Waals surface area contributed by atoms with Crippen molar-refractivity contribution in [1.82, 2.24) is 9.80 Å². The summed E-state index contributed by atoms with van der Waals surface area (Å²) in [7, 11) is 1.73. The Bertz CT molecular complexity index is 762. The minimum Gasteiger partial charge on any atom is -0.492 e. The molecule has 1 aliphatic heterocycles. The van der Waals surface area contributed by atoms with E-state index in [1.807, 2.05) is 59.5 Å². The summed E-state index contributed by atoms with van der Waals surface area (Å²) in [5.74, 6) is 1.00. The minimum atomic E-state index is -0.186. The number of likely N-dealkylation sites (tertiary alicyclic amines) is 1. The molecule has 0 saturated carbocycles. The quantitative estimate of drug-likeness (QED) is 0.816. The Kier molecular flexibility index (Phi) is 6.30. The van der Waals surface area contributed by atoms with Crippen molar-refractivity contribution < 1.29 is 14.3 Å². The lowest BCUT2D eigenvalue weighted by molar-refractivity contribution is -0.128. The Balaban J connectivity index is 1.43. The Morgan fingerprint density at radius 2 is 1.89 bits per heavy atom. The fourth-order valence-electron chi connectivity index (χ4n) is 2.92. The van der Waals surface area contributed by atoms with E-state index in [1.54, 1.807) is 11.9 Å². The van der Waals surface area contributed by atoms with Gasteiger partial charge in [-0.2, -0.15) is 0 Å². The number of carbonyl (C=O) groups is 2. The Morgan fingerprint density at radius 3 is 2.56 bits per heavy atom. The van der Waals surface area contributed by atoms with Crippen LogP contribution in [0.2, 0.25) is 0 Å². The first-order valence-corrected chi connectivity index (χ1v) is 9.18. The third-order valence-corrected chi connectivity index (χ3v) is 4.54. The van der Waals surface area contributed by atoms with Gasteiger partial charge in [0.2, 0.25) is 5.91 Å². The van der Waals surface area contributed by atoms with Crippen molar-refractivity contribution in [2.24, 2.45) is 0 Å². The van der Waals surface area contributed by atoms with Gasteiger partial charge in [0.25, 0.3) is 0 Å². The average molecular weight is 367 g/mol. The van der Waals surface area contributed by atoms with E-state index in [4.69, 9.17) is 4.74 Å². The van der Waals surface area contributed by atoms with Crippen molar-refractivity contribution in [3.05, 3.63) is 60.2 Å². The molecule has 0 aromatic heterocycles. The molecule has 0 unspecified atom stereocenters. The predicted molar refractivity (Wildman–Crippen MR) is 105 cm³/mol. The van der Waals surface area contributed by atoms with E-state index in [1.165, 1.54) is 0 Å². The van der Waals surface area contributed by atoms with Gasteiger partial charge >= 0.3 is 6.03 Å². The molecule has 0 bridgehead atoms. The van der Waals surface area contributed by atoms with Crippen molar-refractivity contribution in [2.45, 2.75) is 19.4 Å². The summed E-state index contributed by atoms with van der Waals surface area (Å²) >= 11 is 0. The standard InChI is InChI=1S/C21H25N3O3/c1-23(14-15-27-19-6-3-2-4-7-19)21(26)22-18-11-9-17(10-12-18)16-24-13-5-8-20(24)25/h2-4,6-7,9-12H,5,8,13-16H2,1H3,(H,22,26). The summed E-state index contributed by atoms with van der Waals surface area (Å²) in [6, 6.07) is 17.0. The molecule has 1 heterocycles. The first kappa shape index (κ1) is 18.8. The molecule has 3 rings (SSSR count). The summed E-state index contributed by atoms with van der Waals surface area (Å²) in [5.41, 5.74) is 1.79. The van der Waals surface area contributed by atoms with E-state index in [2.05, 4.69) is 5.32 Å². The molecule has 2 aromatic carbocycles. The second kappa shape index (κ2) is 9.07. The van der Waals surface area contributed by atoms with E-state index >= 15 is 0 Å².